The number of fused-ring (bicyclic) bond motifs is 1. The van der Waals surface area contributed by atoms with Gasteiger partial charge in [0.2, 0.25) is 0 Å². The van der Waals surface area contributed by atoms with E-state index in [0.29, 0.717) is 12.2 Å². The van der Waals surface area contributed by atoms with Gasteiger partial charge in [0.25, 0.3) is 0 Å². The summed E-state index contributed by atoms with van der Waals surface area (Å²) in [5.41, 5.74) is 2.44. The number of carbonyl (C=O) groups excluding carboxylic acids is 1. The first-order valence-corrected chi connectivity index (χ1v) is 6.75. The molecule has 2 aromatic rings. The summed E-state index contributed by atoms with van der Waals surface area (Å²) in [6.07, 6.45) is 2.37. The van der Waals surface area contributed by atoms with Gasteiger partial charge in [-0.3, -0.25) is 4.98 Å². The van der Waals surface area contributed by atoms with Crippen molar-refractivity contribution in [3.05, 3.63) is 35.2 Å². The van der Waals surface area contributed by atoms with E-state index in [4.69, 9.17) is 9.47 Å². The van der Waals surface area contributed by atoms with Crippen LogP contribution in [0.3, 0.4) is 0 Å². The molecule has 0 aliphatic heterocycles. The maximum atomic E-state index is 12.1. The Bertz CT molecular complexity index is 650. The molecule has 4 nitrogen and oxygen atoms in total. The molecule has 0 aliphatic rings. The molecule has 4 heteroatoms. The number of ether oxygens (including phenoxy) is 2. The summed E-state index contributed by atoms with van der Waals surface area (Å²) >= 11 is 0. The number of aromatic nitrogens is 1. The van der Waals surface area contributed by atoms with Crippen LogP contribution in [0.2, 0.25) is 0 Å². The number of aryl methyl sites for hydroxylation is 2. The van der Waals surface area contributed by atoms with Crippen molar-refractivity contribution in [2.75, 3.05) is 13.7 Å². The van der Waals surface area contributed by atoms with Gasteiger partial charge in [0.15, 0.2) is 0 Å². The van der Waals surface area contributed by atoms with Gasteiger partial charge < -0.3 is 9.47 Å². The van der Waals surface area contributed by atoms with Crippen molar-refractivity contribution >= 4 is 16.7 Å². The molecule has 0 saturated heterocycles. The van der Waals surface area contributed by atoms with Crippen molar-refractivity contribution in [1.29, 1.82) is 0 Å². The Morgan fingerprint density at radius 1 is 1.30 bits per heavy atom. The normalized spacial score (nSPS) is 10.6. The highest BCUT2D eigenvalue weighted by Gasteiger charge is 2.17. The van der Waals surface area contributed by atoms with Crippen LogP contribution < -0.4 is 4.74 Å². The first-order chi connectivity index (χ1) is 9.62. The zero-order chi connectivity index (χ0) is 14.7. The molecule has 20 heavy (non-hydrogen) atoms. The van der Waals surface area contributed by atoms with E-state index < -0.39 is 0 Å². The summed E-state index contributed by atoms with van der Waals surface area (Å²) in [6, 6.07) is 3.93. The molecule has 0 N–H and O–H groups in total. The van der Waals surface area contributed by atoms with Crippen LogP contribution in [0.1, 0.15) is 35.5 Å². The second kappa shape index (κ2) is 5.90. The van der Waals surface area contributed by atoms with Crippen LogP contribution in [-0.2, 0) is 11.2 Å². The first kappa shape index (κ1) is 14.3. The minimum atomic E-state index is -0.347. The van der Waals surface area contributed by atoms with Gasteiger partial charge in [-0.15, -0.1) is 0 Å². The Morgan fingerprint density at radius 2 is 2.05 bits per heavy atom. The third-order valence-electron chi connectivity index (χ3n) is 3.22. The molecular weight excluding hydrogens is 254 g/mol. The Hall–Kier alpha value is -2.10. The number of pyridine rings is 1. The van der Waals surface area contributed by atoms with Crippen molar-refractivity contribution in [1.82, 2.24) is 4.98 Å². The van der Waals surface area contributed by atoms with Crippen molar-refractivity contribution in [3.8, 4) is 5.75 Å². The van der Waals surface area contributed by atoms with E-state index in [1.165, 1.54) is 0 Å². The van der Waals surface area contributed by atoms with Crippen LogP contribution in [0.25, 0.3) is 10.8 Å². The molecule has 0 saturated carbocycles. The predicted molar refractivity (Wildman–Crippen MR) is 78.4 cm³/mol. The maximum Gasteiger partial charge on any atom is 0.340 e. The minimum absolute atomic E-state index is 0.346. The molecule has 0 aliphatic carbocycles. The number of hydrogen-bond acceptors (Lipinski definition) is 4. The highest BCUT2D eigenvalue weighted by Crippen LogP contribution is 2.32. The molecule has 1 aromatic heterocycles. The van der Waals surface area contributed by atoms with E-state index >= 15 is 0 Å². The molecule has 2 rings (SSSR count). The average molecular weight is 273 g/mol. The van der Waals surface area contributed by atoms with E-state index in [2.05, 4.69) is 4.98 Å². The van der Waals surface area contributed by atoms with E-state index in [-0.39, 0.29) is 5.97 Å². The fourth-order valence-corrected chi connectivity index (χ4v) is 2.34. The zero-order valence-electron chi connectivity index (χ0n) is 12.3. The molecule has 0 fully saturated rings. The van der Waals surface area contributed by atoms with Gasteiger partial charge in [-0.25, -0.2) is 4.79 Å². The fourth-order valence-electron chi connectivity index (χ4n) is 2.34. The van der Waals surface area contributed by atoms with Gasteiger partial charge in [0.1, 0.15) is 5.75 Å². The molecule has 0 spiro atoms. The van der Waals surface area contributed by atoms with Crippen LogP contribution in [-0.4, -0.2) is 24.7 Å². The van der Waals surface area contributed by atoms with Gasteiger partial charge in [-0.05, 0) is 31.9 Å². The van der Waals surface area contributed by atoms with Crippen LogP contribution in [0.5, 0.6) is 5.75 Å². The standard InChI is InChI=1S/C16H19NO3/c1-5-13-15-11(7-10(3)8-14(15)19-4)12(9-17-13)16(18)20-6-2/h7-9H,5-6H2,1-4H3. The second-order valence-electron chi connectivity index (χ2n) is 4.58. The molecule has 0 bridgehead atoms. The van der Waals surface area contributed by atoms with E-state index in [9.17, 15) is 4.79 Å². The quantitative estimate of drug-likeness (QED) is 0.802. The molecule has 1 heterocycles. The SMILES string of the molecule is CCOC(=O)c1cnc(CC)c2c(OC)cc(C)cc12. The van der Waals surface area contributed by atoms with E-state index in [0.717, 1.165) is 34.2 Å². The molecule has 0 unspecified atom stereocenters. The lowest BCUT2D eigenvalue weighted by Crippen LogP contribution is -2.08. The first-order valence-electron chi connectivity index (χ1n) is 6.75. The minimum Gasteiger partial charge on any atom is -0.496 e. The number of esters is 1. The maximum absolute atomic E-state index is 12.1. The summed E-state index contributed by atoms with van der Waals surface area (Å²) < 4.78 is 10.6. The average Bonchev–Trinajstić information content (AvgIpc) is 2.45. The number of carbonyl (C=O) groups is 1. The third-order valence-corrected chi connectivity index (χ3v) is 3.22. The topological polar surface area (TPSA) is 48.4 Å². The largest absolute Gasteiger partial charge is 0.496 e. The van der Waals surface area contributed by atoms with Crippen LogP contribution >= 0.6 is 0 Å². The molecule has 0 atom stereocenters. The van der Waals surface area contributed by atoms with Crippen molar-refractivity contribution in [2.45, 2.75) is 27.2 Å². The van der Waals surface area contributed by atoms with Crippen LogP contribution in [0, 0.1) is 6.92 Å². The van der Waals surface area contributed by atoms with Gasteiger partial charge in [0.05, 0.1) is 25.0 Å². The number of nitrogens with zero attached hydrogens (tertiary/aromatic N) is 1. The lowest BCUT2D eigenvalue weighted by molar-refractivity contribution is 0.0528. The Morgan fingerprint density at radius 3 is 2.65 bits per heavy atom. The monoisotopic (exact) mass is 273 g/mol. The Balaban J connectivity index is 2.79. The fraction of sp³-hybridized carbons (Fsp3) is 0.375. The smallest absolute Gasteiger partial charge is 0.340 e. The summed E-state index contributed by atoms with van der Waals surface area (Å²) in [7, 11) is 1.63. The third kappa shape index (κ3) is 2.46. The van der Waals surface area contributed by atoms with Gasteiger partial charge >= 0.3 is 5.97 Å². The highest BCUT2D eigenvalue weighted by molar-refractivity contribution is 6.06. The summed E-state index contributed by atoms with van der Waals surface area (Å²) in [6.45, 7) is 6.15. The van der Waals surface area contributed by atoms with Crippen molar-refractivity contribution in [2.24, 2.45) is 0 Å². The summed E-state index contributed by atoms with van der Waals surface area (Å²) in [5.74, 6) is 0.399. The predicted octanol–water partition coefficient (Wildman–Crippen LogP) is 3.29. The Kier molecular flexibility index (Phi) is 4.23. The summed E-state index contributed by atoms with van der Waals surface area (Å²) in [5, 5.41) is 1.73. The molecule has 0 radical (unpaired) electrons. The van der Waals surface area contributed by atoms with Crippen molar-refractivity contribution in [3.63, 3.8) is 0 Å². The molecule has 0 amide bonds. The lowest BCUT2D eigenvalue weighted by Gasteiger charge is -2.13. The van der Waals surface area contributed by atoms with Crippen LogP contribution in [0.4, 0.5) is 0 Å². The number of hydrogen-bond donors (Lipinski definition) is 0. The second-order valence-corrected chi connectivity index (χ2v) is 4.58. The molecule has 1 aromatic carbocycles. The van der Waals surface area contributed by atoms with Crippen molar-refractivity contribution < 1.29 is 14.3 Å². The summed E-state index contributed by atoms with van der Waals surface area (Å²) in [4.78, 5) is 16.5. The van der Waals surface area contributed by atoms with Gasteiger partial charge in [-0.1, -0.05) is 13.0 Å². The van der Waals surface area contributed by atoms with Gasteiger partial charge in [-0.2, -0.15) is 0 Å². The number of methoxy groups -OCH3 is 1. The lowest BCUT2D eigenvalue weighted by atomic mass is 10.0. The number of rotatable bonds is 4. The number of benzene rings is 1. The van der Waals surface area contributed by atoms with Gasteiger partial charge in [0, 0.05) is 17.0 Å². The molecular formula is C16H19NO3. The van der Waals surface area contributed by atoms with Crippen LogP contribution in [0.15, 0.2) is 18.3 Å². The highest BCUT2D eigenvalue weighted by atomic mass is 16.5. The molecule has 106 valence electrons. The Labute approximate surface area is 118 Å². The van der Waals surface area contributed by atoms with E-state index in [1.807, 2.05) is 26.0 Å². The zero-order valence-corrected chi connectivity index (χ0v) is 12.3. The van der Waals surface area contributed by atoms with E-state index in [1.54, 1.807) is 20.2 Å².